The SMILES string of the molecule is COC(=O)C1C[C@H]2CCC[C@H](C1)C2(OC)OC. The fourth-order valence-electron chi connectivity index (χ4n) is 3.80. The summed E-state index contributed by atoms with van der Waals surface area (Å²) >= 11 is 0. The Morgan fingerprint density at radius 2 is 1.59 bits per heavy atom. The minimum atomic E-state index is -0.469. The first-order valence-electron chi connectivity index (χ1n) is 6.36. The average molecular weight is 242 g/mol. The van der Waals surface area contributed by atoms with Crippen LogP contribution in [-0.2, 0) is 19.0 Å². The Labute approximate surface area is 103 Å². The van der Waals surface area contributed by atoms with Crippen LogP contribution in [-0.4, -0.2) is 33.1 Å². The van der Waals surface area contributed by atoms with E-state index >= 15 is 0 Å². The first-order valence-corrected chi connectivity index (χ1v) is 6.36. The highest BCUT2D eigenvalue weighted by molar-refractivity contribution is 5.72. The van der Waals surface area contributed by atoms with Crippen LogP contribution in [0.3, 0.4) is 0 Å². The summed E-state index contributed by atoms with van der Waals surface area (Å²) in [6, 6.07) is 0. The van der Waals surface area contributed by atoms with Crippen molar-refractivity contribution in [1.82, 2.24) is 0 Å². The molecule has 0 aliphatic heterocycles. The van der Waals surface area contributed by atoms with Gasteiger partial charge in [-0.05, 0) is 25.7 Å². The van der Waals surface area contributed by atoms with Gasteiger partial charge < -0.3 is 14.2 Å². The van der Waals surface area contributed by atoms with E-state index in [1.807, 2.05) is 0 Å². The number of carbonyl (C=O) groups excluding carboxylic acids is 1. The molecular weight excluding hydrogens is 220 g/mol. The van der Waals surface area contributed by atoms with Crippen molar-refractivity contribution in [2.45, 2.75) is 37.9 Å². The maximum Gasteiger partial charge on any atom is 0.308 e. The number of rotatable bonds is 3. The molecule has 2 aliphatic rings. The lowest BCUT2D eigenvalue weighted by Crippen LogP contribution is -2.56. The summed E-state index contributed by atoms with van der Waals surface area (Å²) in [5.41, 5.74) is 0. The third-order valence-electron chi connectivity index (χ3n) is 4.55. The number of esters is 1. The molecule has 17 heavy (non-hydrogen) atoms. The largest absolute Gasteiger partial charge is 0.469 e. The van der Waals surface area contributed by atoms with E-state index in [1.54, 1.807) is 14.2 Å². The molecule has 0 heterocycles. The highest BCUT2D eigenvalue weighted by atomic mass is 16.7. The predicted molar refractivity (Wildman–Crippen MR) is 62.3 cm³/mol. The monoisotopic (exact) mass is 242 g/mol. The van der Waals surface area contributed by atoms with Gasteiger partial charge in [-0.25, -0.2) is 0 Å². The lowest BCUT2D eigenvalue weighted by atomic mass is 9.63. The molecule has 0 amide bonds. The second-order valence-corrected chi connectivity index (χ2v) is 5.15. The quantitative estimate of drug-likeness (QED) is 0.560. The lowest BCUT2D eigenvalue weighted by Gasteiger charge is -2.52. The van der Waals surface area contributed by atoms with Gasteiger partial charge in [0.1, 0.15) is 0 Å². The zero-order valence-electron chi connectivity index (χ0n) is 10.9. The van der Waals surface area contributed by atoms with Gasteiger partial charge in [-0.15, -0.1) is 0 Å². The van der Waals surface area contributed by atoms with E-state index in [1.165, 1.54) is 13.5 Å². The molecule has 2 saturated carbocycles. The smallest absolute Gasteiger partial charge is 0.308 e. The third kappa shape index (κ3) is 1.97. The Balaban J connectivity index is 2.19. The number of ether oxygens (including phenoxy) is 3. The highest BCUT2D eigenvalue weighted by Crippen LogP contribution is 2.51. The molecule has 0 radical (unpaired) electrons. The Morgan fingerprint density at radius 3 is 2.00 bits per heavy atom. The number of hydrogen-bond acceptors (Lipinski definition) is 4. The molecule has 4 heteroatoms. The molecule has 2 rings (SSSR count). The van der Waals surface area contributed by atoms with Crippen molar-refractivity contribution in [3.63, 3.8) is 0 Å². The van der Waals surface area contributed by atoms with Crippen LogP contribution in [0.4, 0.5) is 0 Å². The Morgan fingerprint density at radius 1 is 1.06 bits per heavy atom. The molecule has 0 spiro atoms. The van der Waals surface area contributed by atoms with Crippen molar-refractivity contribution in [2.75, 3.05) is 21.3 Å². The summed E-state index contributed by atoms with van der Waals surface area (Å²) in [5.74, 6) is 0.0996. The molecule has 2 atom stereocenters. The Kier molecular flexibility index (Phi) is 3.73. The molecule has 0 aromatic heterocycles. The molecule has 0 N–H and O–H groups in total. The van der Waals surface area contributed by atoms with Crippen molar-refractivity contribution < 1.29 is 19.0 Å². The minimum Gasteiger partial charge on any atom is -0.469 e. The number of methoxy groups -OCH3 is 3. The van der Waals surface area contributed by atoms with Crippen LogP contribution in [0.1, 0.15) is 32.1 Å². The number of carbonyl (C=O) groups is 1. The molecule has 0 aromatic carbocycles. The van der Waals surface area contributed by atoms with Gasteiger partial charge in [0.05, 0.1) is 13.0 Å². The summed E-state index contributed by atoms with van der Waals surface area (Å²) in [4.78, 5) is 11.7. The summed E-state index contributed by atoms with van der Waals surface area (Å²) in [6.07, 6.45) is 5.00. The second-order valence-electron chi connectivity index (χ2n) is 5.15. The first-order chi connectivity index (χ1) is 8.17. The van der Waals surface area contributed by atoms with Crippen LogP contribution in [0.2, 0.25) is 0 Å². The fourth-order valence-corrected chi connectivity index (χ4v) is 3.80. The van der Waals surface area contributed by atoms with E-state index in [0.29, 0.717) is 11.8 Å². The fraction of sp³-hybridized carbons (Fsp3) is 0.923. The standard InChI is InChI=1S/C13H22O4/c1-15-12(14)9-7-10-5-4-6-11(8-9)13(10,16-2)17-3/h9-11H,4-8H2,1-3H3/t10-,11-/m1/s1. The van der Waals surface area contributed by atoms with Gasteiger partial charge in [0.25, 0.3) is 0 Å². The van der Waals surface area contributed by atoms with Crippen LogP contribution in [0, 0.1) is 17.8 Å². The van der Waals surface area contributed by atoms with E-state index in [0.717, 1.165) is 25.7 Å². The molecule has 0 unspecified atom stereocenters. The van der Waals surface area contributed by atoms with Gasteiger partial charge in [0.15, 0.2) is 5.79 Å². The van der Waals surface area contributed by atoms with Gasteiger partial charge in [0.2, 0.25) is 0 Å². The van der Waals surface area contributed by atoms with Gasteiger partial charge in [-0.1, -0.05) is 6.42 Å². The molecule has 2 bridgehead atoms. The maximum absolute atomic E-state index is 11.7. The van der Waals surface area contributed by atoms with Crippen molar-refractivity contribution in [2.24, 2.45) is 17.8 Å². The van der Waals surface area contributed by atoms with Gasteiger partial charge in [0, 0.05) is 26.1 Å². The summed E-state index contributed by atoms with van der Waals surface area (Å²) in [5, 5.41) is 0. The molecule has 0 saturated heterocycles. The van der Waals surface area contributed by atoms with E-state index in [2.05, 4.69) is 0 Å². The van der Waals surface area contributed by atoms with Crippen molar-refractivity contribution >= 4 is 5.97 Å². The zero-order valence-corrected chi connectivity index (χ0v) is 10.9. The lowest BCUT2D eigenvalue weighted by molar-refractivity contribution is -0.300. The van der Waals surface area contributed by atoms with Gasteiger partial charge in [-0.3, -0.25) is 4.79 Å². The normalized spacial score (nSPS) is 35.4. The maximum atomic E-state index is 11.7. The van der Waals surface area contributed by atoms with Gasteiger partial charge in [-0.2, -0.15) is 0 Å². The van der Waals surface area contributed by atoms with Crippen LogP contribution < -0.4 is 0 Å². The van der Waals surface area contributed by atoms with E-state index in [9.17, 15) is 4.79 Å². The minimum absolute atomic E-state index is 0.0220. The van der Waals surface area contributed by atoms with E-state index in [4.69, 9.17) is 14.2 Å². The van der Waals surface area contributed by atoms with E-state index in [-0.39, 0.29) is 11.9 Å². The Bertz CT molecular complexity index is 269. The zero-order chi connectivity index (χ0) is 12.5. The summed E-state index contributed by atoms with van der Waals surface area (Å²) in [6.45, 7) is 0. The highest BCUT2D eigenvalue weighted by Gasteiger charge is 2.54. The molecule has 4 nitrogen and oxygen atoms in total. The van der Waals surface area contributed by atoms with Crippen LogP contribution in [0.15, 0.2) is 0 Å². The molecule has 2 fully saturated rings. The van der Waals surface area contributed by atoms with Crippen LogP contribution in [0.25, 0.3) is 0 Å². The average Bonchev–Trinajstić information content (AvgIpc) is 2.35. The summed E-state index contributed by atoms with van der Waals surface area (Å²) < 4.78 is 16.2. The van der Waals surface area contributed by atoms with Crippen molar-refractivity contribution in [3.8, 4) is 0 Å². The van der Waals surface area contributed by atoms with Gasteiger partial charge >= 0.3 is 5.97 Å². The number of fused-ring (bicyclic) bond motifs is 2. The topological polar surface area (TPSA) is 44.8 Å². The molecule has 98 valence electrons. The first kappa shape index (κ1) is 12.8. The third-order valence-corrected chi connectivity index (χ3v) is 4.55. The van der Waals surface area contributed by atoms with Crippen LogP contribution in [0.5, 0.6) is 0 Å². The van der Waals surface area contributed by atoms with Crippen molar-refractivity contribution in [1.29, 1.82) is 0 Å². The Hall–Kier alpha value is -0.610. The molecule has 2 aliphatic carbocycles. The predicted octanol–water partition coefficient (Wildman–Crippen LogP) is 1.97. The number of hydrogen-bond donors (Lipinski definition) is 0. The van der Waals surface area contributed by atoms with Crippen molar-refractivity contribution in [3.05, 3.63) is 0 Å². The van der Waals surface area contributed by atoms with Crippen LogP contribution >= 0.6 is 0 Å². The molecule has 0 aromatic rings. The van der Waals surface area contributed by atoms with E-state index < -0.39 is 5.79 Å². The second kappa shape index (κ2) is 4.94. The summed E-state index contributed by atoms with van der Waals surface area (Å²) in [7, 11) is 4.90. The molecular formula is C13H22O4.